The fraction of sp³-hybridized carbons (Fsp3) is 0.231. The van der Waals surface area contributed by atoms with E-state index < -0.39 is 11.7 Å². The van der Waals surface area contributed by atoms with E-state index in [0.29, 0.717) is 5.82 Å². The van der Waals surface area contributed by atoms with Gasteiger partial charge < -0.3 is 5.32 Å². The van der Waals surface area contributed by atoms with Gasteiger partial charge in [-0.05, 0) is 24.6 Å². The van der Waals surface area contributed by atoms with Gasteiger partial charge in [0.05, 0.1) is 10.6 Å². The van der Waals surface area contributed by atoms with Crippen molar-refractivity contribution in [3.63, 3.8) is 0 Å². The fourth-order valence-electron chi connectivity index (χ4n) is 1.68. The van der Waals surface area contributed by atoms with Crippen LogP contribution >= 0.6 is 11.6 Å². The maximum Gasteiger partial charge on any atom is 0.258 e. The summed E-state index contributed by atoms with van der Waals surface area (Å²) in [4.78, 5) is 11.9. The average molecular weight is 282 g/mol. The van der Waals surface area contributed by atoms with Gasteiger partial charge in [-0.1, -0.05) is 24.9 Å². The van der Waals surface area contributed by atoms with Gasteiger partial charge in [0, 0.05) is 11.8 Å². The highest BCUT2D eigenvalue weighted by Gasteiger charge is 2.12. The van der Waals surface area contributed by atoms with Gasteiger partial charge in [-0.25, -0.2) is 4.39 Å². The largest absolute Gasteiger partial charge is 0.305 e. The molecular weight excluding hydrogens is 269 g/mol. The second-order valence-electron chi connectivity index (χ2n) is 4.11. The highest BCUT2D eigenvalue weighted by Crippen LogP contribution is 2.18. The third-order valence-electron chi connectivity index (χ3n) is 2.57. The molecule has 0 aliphatic carbocycles. The van der Waals surface area contributed by atoms with Crippen LogP contribution in [0.5, 0.6) is 0 Å². The normalized spacial score (nSPS) is 10.5. The van der Waals surface area contributed by atoms with Crippen LogP contribution in [0.4, 0.5) is 10.2 Å². The topological polar surface area (TPSA) is 57.8 Å². The van der Waals surface area contributed by atoms with Crippen LogP contribution in [0.2, 0.25) is 5.02 Å². The number of aromatic nitrogens is 2. The number of halogens is 2. The molecule has 0 saturated heterocycles. The Balaban J connectivity index is 2.11. The van der Waals surface area contributed by atoms with Crippen LogP contribution in [0.15, 0.2) is 24.3 Å². The lowest BCUT2D eigenvalue weighted by atomic mass is 10.2. The molecule has 0 spiro atoms. The molecule has 0 fully saturated rings. The monoisotopic (exact) mass is 281 g/mol. The van der Waals surface area contributed by atoms with Gasteiger partial charge in [0.2, 0.25) is 0 Å². The van der Waals surface area contributed by atoms with Crippen molar-refractivity contribution in [2.75, 3.05) is 5.32 Å². The lowest BCUT2D eigenvalue weighted by Gasteiger charge is -2.03. The Bertz CT molecular complexity index is 597. The lowest BCUT2D eigenvalue weighted by molar-refractivity contribution is 0.102. The first kappa shape index (κ1) is 13.5. The van der Waals surface area contributed by atoms with Gasteiger partial charge in [0.15, 0.2) is 5.82 Å². The highest BCUT2D eigenvalue weighted by molar-refractivity contribution is 6.34. The molecular formula is C13H13ClFN3O. The first-order valence-corrected chi connectivity index (χ1v) is 6.28. The minimum atomic E-state index is -0.480. The molecule has 0 saturated carbocycles. The predicted octanol–water partition coefficient (Wildman–Crippen LogP) is 3.41. The van der Waals surface area contributed by atoms with Crippen molar-refractivity contribution >= 4 is 23.3 Å². The maximum absolute atomic E-state index is 12.9. The smallest absolute Gasteiger partial charge is 0.258 e. The SMILES string of the molecule is CCCc1cc(NC(=O)c2ccc(F)cc2Cl)n[nH]1. The molecule has 0 radical (unpaired) electrons. The van der Waals surface area contributed by atoms with Gasteiger partial charge >= 0.3 is 0 Å². The van der Waals surface area contributed by atoms with Crippen molar-refractivity contribution in [1.29, 1.82) is 0 Å². The minimum absolute atomic E-state index is 0.0711. The number of anilines is 1. The fourth-order valence-corrected chi connectivity index (χ4v) is 1.93. The zero-order chi connectivity index (χ0) is 13.8. The van der Waals surface area contributed by atoms with Crippen molar-refractivity contribution in [3.8, 4) is 0 Å². The number of H-pyrrole nitrogens is 1. The molecule has 2 N–H and O–H groups in total. The second kappa shape index (κ2) is 5.84. The standard InChI is InChI=1S/C13H13ClFN3O/c1-2-3-9-7-12(18-17-9)16-13(19)10-5-4-8(15)6-11(10)14/h4-7H,2-3H2,1H3,(H2,16,17,18,19). The van der Waals surface area contributed by atoms with Crippen LogP contribution in [0.3, 0.4) is 0 Å². The summed E-state index contributed by atoms with van der Waals surface area (Å²) in [6, 6.07) is 5.39. The van der Waals surface area contributed by atoms with Crippen molar-refractivity contribution < 1.29 is 9.18 Å². The summed E-state index contributed by atoms with van der Waals surface area (Å²) in [6.07, 6.45) is 1.85. The number of nitrogens with one attached hydrogen (secondary N) is 2. The molecule has 6 heteroatoms. The van der Waals surface area contributed by atoms with Gasteiger partial charge in [-0.2, -0.15) is 5.10 Å². The van der Waals surface area contributed by atoms with Gasteiger partial charge in [0.25, 0.3) is 5.91 Å². The Morgan fingerprint density at radius 2 is 2.26 bits per heavy atom. The quantitative estimate of drug-likeness (QED) is 0.902. The molecule has 0 aliphatic rings. The summed E-state index contributed by atoms with van der Waals surface area (Å²) in [6.45, 7) is 2.05. The number of carbonyl (C=O) groups is 1. The zero-order valence-corrected chi connectivity index (χ0v) is 11.1. The van der Waals surface area contributed by atoms with Crippen LogP contribution in [-0.4, -0.2) is 16.1 Å². The Labute approximate surface area is 115 Å². The Hall–Kier alpha value is -1.88. The van der Waals surface area contributed by atoms with E-state index in [4.69, 9.17) is 11.6 Å². The third kappa shape index (κ3) is 3.32. The van der Waals surface area contributed by atoms with E-state index in [9.17, 15) is 9.18 Å². The predicted molar refractivity (Wildman–Crippen MR) is 71.9 cm³/mol. The van der Waals surface area contributed by atoms with Gasteiger partial charge in [-0.3, -0.25) is 9.89 Å². The van der Waals surface area contributed by atoms with E-state index >= 15 is 0 Å². The number of hydrogen-bond donors (Lipinski definition) is 2. The number of aryl methyl sites for hydroxylation is 1. The molecule has 4 nitrogen and oxygen atoms in total. The number of aromatic amines is 1. The molecule has 1 heterocycles. The molecule has 0 unspecified atom stereocenters. The van der Waals surface area contributed by atoms with E-state index in [1.54, 1.807) is 6.07 Å². The van der Waals surface area contributed by atoms with Crippen LogP contribution in [0.1, 0.15) is 29.4 Å². The van der Waals surface area contributed by atoms with E-state index in [2.05, 4.69) is 22.4 Å². The summed E-state index contributed by atoms with van der Waals surface area (Å²) in [7, 11) is 0. The van der Waals surface area contributed by atoms with Gasteiger partial charge in [0.1, 0.15) is 5.82 Å². The zero-order valence-electron chi connectivity index (χ0n) is 10.3. The number of nitrogens with zero attached hydrogens (tertiary/aromatic N) is 1. The number of amides is 1. The molecule has 0 atom stereocenters. The van der Waals surface area contributed by atoms with E-state index in [-0.39, 0.29) is 10.6 Å². The summed E-state index contributed by atoms with van der Waals surface area (Å²) in [5.41, 5.74) is 1.16. The number of benzene rings is 1. The van der Waals surface area contributed by atoms with E-state index in [1.165, 1.54) is 12.1 Å². The highest BCUT2D eigenvalue weighted by atomic mass is 35.5. The summed E-state index contributed by atoms with van der Waals surface area (Å²) < 4.78 is 12.9. The molecule has 2 rings (SSSR count). The second-order valence-corrected chi connectivity index (χ2v) is 4.51. The molecule has 1 amide bonds. The first-order valence-electron chi connectivity index (χ1n) is 5.91. The molecule has 1 aromatic heterocycles. The Kier molecular flexibility index (Phi) is 4.16. The third-order valence-corrected chi connectivity index (χ3v) is 2.88. The summed E-state index contributed by atoms with van der Waals surface area (Å²) in [5.74, 6) is -0.472. The van der Waals surface area contributed by atoms with Crippen molar-refractivity contribution in [3.05, 3.63) is 46.4 Å². The lowest BCUT2D eigenvalue weighted by Crippen LogP contribution is -2.12. The summed E-state index contributed by atoms with van der Waals surface area (Å²) in [5, 5.41) is 9.48. The van der Waals surface area contributed by atoms with Crippen molar-refractivity contribution in [2.45, 2.75) is 19.8 Å². The molecule has 0 bridgehead atoms. The van der Waals surface area contributed by atoms with Crippen LogP contribution in [-0.2, 0) is 6.42 Å². The Morgan fingerprint density at radius 1 is 1.47 bits per heavy atom. The molecule has 100 valence electrons. The number of rotatable bonds is 4. The molecule has 0 aliphatic heterocycles. The molecule has 2 aromatic rings. The van der Waals surface area contributed by atoms with Crippen molar-refractivity contribution in [1.82, 2.24) is 10.2 Å². The van der Waals surface area contributed by atoms with E-state index in [0.717, 1.165) is 24.6 Å². The van der Waals surface area contributed by atoms with Gasteiger partial charge in [-0.15, -0.1) is 0 Å². The summed E-state index contributed by atoms with van der Waals surface area (Å²) >= 11 is 5.82. The maximum atomic E-state index is 12.9. The van der Waals surface area contributed by atoms with E-state index in [1.807, 2.05) is 0 Å². The van der Waals surface area contributed by atoms with Crippen LogP contribution in [0, 0.1) is 5.82 Å². The van der Waals surface area contributed by atoms with Crippen LogP contribution < -0.4 is 5.32 Å². The minimum Gasteiger partial charge on any atom is -0.305 e. The first-order chi connectivity index (χ1) is 9.10. The average Bonchev–Trinajstić information content (AvgIpc) is 2.76. The molecule has 1 aromatic carbocycles. The number of hydrogen-bond acceptors (Lipinski definition) is 2. The number of carbonyl (C=O) groups excluding carboxylic acids is 1. The Morgan fingerprint density at radius 3 is 2.95 bits per heavy atom. The molecule has 19 heavy (non-hydrogen) atoms. The van der Waals surface area contributed by atoms with Crippen molar-refractivity contribution in [2.24, 2.45) is 0 Å². The van der Waals surface area contributed by atoms with Crippen LogP contribution in [0.25, 0.3) is 0 Å².